The summed E-state index contributed by atoms with van der Waals surface area (Å²) in [7, 11) is 2.29. The Labute approximate surface area is 339 Å². The normalized spacial score (nSPS) is 16.7. The molecule has 8 aromatic rings. The largest absolute Gasteiger partial charge is 0.344 e. The van der Waals surface area contributed by atoms with Gasteiger partial charge in [0.1, 0.15) is 0 Å². The second kappa shape index (κ2) is 13.6. The number of para-hydroxylation sites is 2. The van der Waals surface area contributed by atoms with E-state index in [0.717, 1.165) is 6.42 Å². The van der Waals surface area contributed by atoms with Crippen molar-refractivity contribution in [3.8, 4) is 22.3 Å². The Hall–Kier alpha value is -5.38. The molecule has 2 aliphatic carbocycles. The minimum atomic E-state index is -2.10. The minimum Gasteiger partial charge on any atom is -0.344 e. The molecule has 0 N–H and O–H groups in total. The highest BCUT2D eigenvalue weighted by Gasteiger charge is 2.48. The van der Waals surface area contributed by atoms with Gasteiger partial charge in [-0.05, 0) is 113 Å². The first-order valence-corrected chi connectivity index (χ1v) is 24.4. The van der Waals surface area contributed by atoms with E-state index in [1.54, 1.807) is 16.7 Å². The molecular weight excluding hydrogens is 705 g/mol. The van der Waals surface area contributed by atoms with Crippen molar-refractivity contribution >= 4 is 63.3 Å². The van der Waals surface area contributed by atoms with Crippen molar-refractivity contribution in [1.29, 1.82) is 0 Å². The Kier molecular flexibility index (Phi) is 8.61. The number of aryl methyl sites for hydroxylation is 2. The molecule has 284 valence electrons. The molecule has 0 fully saturated rings. The van der Waals surface area contributed by atoms with Crippen LogP contribution in [0.5, 0.6) is 0 Å². The van der Waals surface area contributed by atoms with E-state index in [2.05, 4.69) is 184 Å². The molecule has 2 aliphatic rings. The lowest BCUT2D eigenvalue weighted by Crippen LogP contribution is -2.42. The average molecular weight is 759 g/mol. The van der Waals surface area contributed by atoms with Crippen molar-refractivity contribution in [2.24, 2.45) is 14.1 Å². The van der Waals surface area contributed by atoms with Crippen LogP contribution in [-0.4, -0.2) is 17.2 Å². The molecule has 3 heteroatoms. The molecule has 0 saturated heterocycles. The smallest absolute Gasteiger partial charge is 0.0722 e. The van der Waals surface area contributed by atoms with Gasteiger partial charge >= 0.3 is 0 Å². The summed E-state index contributed by atoms with van der Waals surface area (Å²) in [6, 6.07) is 46.4. The van der Waals surface area contributed by atoms with E-state index in [1.807, 2.05) is 0 Å². The number of hydrogen-bond donors (Lipinski definition) is 0. The zero-order chi connectivity index (χ0) is 39.2. The minimum absolute atomic E-state index is 0.441. The van der Waals surface area contributed by atoms with Crippen molar-refractivity contribution in [2.75, 3.05) is 0 Å². The van der Waals surface area contributed by atoms with Crippen molar-refractivity contribution in [3.63, 3.8) is 0 Å². The predicted octanol–water partition coefficient (Wildman–Crippen LogP) is 15.1. The SMILES string of the molecule is CCCCCCC1=C(C)C([Si](C)(C)C2C(C)=Cc3c(-c4ccc5c(c4)c4ccccc4n5C)cccc32)c2cccc(-c3ccc4c(c3)c3ccccc3n4C)c21. The zero-order valence-corrected chi connectivity index (χ0v) is 35.7. The molecule has 0 saturated carbocycles. The Morgan fingerprint density at radius 3 is 1.74 bits per heavy atom. The van der Waals surface area contributed by atoms with Gasteiger partial charge in [0, 0.05) is 68.8 Å². The maximum absolute atomic E-state index is 2.70. The van der Waals surface area contributed by atoms with Crippen LogP contribution in [-0.2, 0) is 14.1 Å². The van der Waals surface area contributed by atoms with E-state index in [-0.39, 0.29) is 0 Å². The highest BCUT2D eigenvalue weighted by Crippen LogP contribution is 2.57. The van der Waals surface area contributed by atoms with Crippen molar-refractivity contribution in [1.82, 2.24) is 9.13 Å². The number of allylic oxidation sites excluding steroid dienone is 3. The molecule has 57 heavy (non-hydrogen) atoms. The first kappa shape index (κ1) is 36.0. The summed E-state index contributed by atoms with van der Waals surface area (Å²) in [5, 5.41) is 5.34. The van der Waals surface area contributed by atoms with E-state index in [0.29, 0.717) is 11.1 Å². The molecule has 0 amide bonds. The zero-order valence-electron chi connectivity index (χ0n) is 34.7. The summed E-state index contributed by atoms with van der Waals surface area (Å²) in [5.74, 6) is 0. The molecule has 6 aromatic carbocycles. The number of hydrogen-bond acceptors (Lipinski definition) is 0. The highest BCUT2D eigenvalue weighted by atomic mass is 28.3. The summed E-state index contributed by atoms with van der Waals surface area (Å²) >= 11 is 0. The van der Waals surface area contributed by atoms with Gasteiger partial charge in [0.2, 0.25) is 0 Å². The molecule has 0 spiro atoms. The second-order valence-electron chi connectivity index (χ2n) is 17.7. The Balaban J connectivity index is 1.09. The molecule has 2 unspecified atom stereocenters. The number of unbranched alkanes of at least 4 members (excludes halogenated alkanes) is 3. The molecule has 0 radical (unpaired) electrons. The Morgan fingerprint density at radius 2 is 1.11 bits per heavy atom. The monoisotopic (exact) mass is 758 g/mol. The summed E-state index contributed by atoms with van der Waals surface area (Å²) in [4.78, 5) is 0. The average Bonchev–Trinajstić information content (AvgIpc) is 3.92. The maximum Gasteiger partial charge on any atom is 0.0722 e. The van der Waals surface area contributed by atoms with Crippen molar-refractivity contribution in [2.45, 2.75) is 77.1 Å². The summed E-state index contributed by atoms with van der Waals surface area (Å²) in [6.45, 7) is 12.7. The third-order valence-corrected chi connectivity index (χ3v) is 18.6. The van der Waals surface area contributed by atoms with Gasteiger partial charge in [-0.1, -0.05) is 141 Å². The van der Waals surface area contributed by atoms with Crippen LogP contribution in [0.25, 0.3) is 77.5 Å². The van der Waals surface area contributed by atoms with Crippen molar-refractivity contribution < 1.29 is 0 Å². The summed E-state index contributed by atoms with van der Waals surface area (Å²) < 4.78 is 4.68. The quantitative estimate of drug-likeness (QED) is 0.102. The predicted molar refractivity (Wildman–Crippen MR) is 250 cm³/mol. The van der Waals surface area contributed by atoms with Crippen LogP contribution in [0.2, 0.25) is 13.1 Å². The number of nitrogens with zero attached hydrogens (tertiary/aromatic N) is 2. The van der Waals surface area contributed by atoms with E-state index >= 15 is 0 Å². The first-order valence-electron chi connectivity index (χ1n) is 21.3. The van der Waals surface area contributed by atoms with Gasteiger partial charge in [-0.15, -0.1) is 0 Å². The molecule has 0 aliphatic heterocycles. The lowest BCUT2D eigenvalue weighted by molar-refractivity contribution is 0.678. The van der Waals surface area contributed by atoms with E-state index in [4.69, 9.17) is 0 Å². The molecule has 2 nitrogen and oxygen atoms in total. The number of aromatic nitrogens is 2. The van der Waals surface area contributed by atoms with Gasteiger partial charge in [0.05, 0.1) is 8.07 Å². The van der Waals surface area contributed by atoms with Gasteiger partial charge in [-0.2, -0.15) is 0 Å². The van der Waals surface area contributed by atoms with Gasteiger partial charge in [-0.25, -0.2) is 0 Å². The Morgan fingerprint density at radius 1 is 0.544 bits per heavy atom. The third-order valence-electron chi connectivity index (χ3n) is 14.1. The van der Waals surface area contributed by atoms with Gasteiger partial charge < -0.3 is 9.13 Å². The third kappa shape index (κ3) is 5.42. The summed E-state index contributed by atoms with van der Waals surface area (Å²) in [5.41, 5.74) is 22.3. The lowest BCUT2D eigenvalue weighted by atomic mass is 9.90. The molecule has 2 heterocycles. The van der Waals surface area contributed by atoms with Crippen LogP contribution in [0, 0.1) is 0 Å². The fraction of sp³-hybridized carbons (Fsp3) is 0.259. The van der Waals surface area contributed by atoms with Crippen LogP contribution < -0.4 is 0 Å². The van der Waals surface area contributed by atoms with E-state index in [9.17, 15) is 0 Å². The summed E-state index contributed by atoms with van der Waals surface area (Å²) in [6.07, 6.45) is 8.82. The lowest BCUT2D eigenvalue weighted by Gasteiger charge is -2.39. The topological polar surface area (TPSA) is 9.86 Å². The number of benzene rings is 6. The first-order chi connectivity index (χ1) is 27.7. The van der Waals surface area contributed by atoms with E-state index < -0.39 is 8.07 Å². The van der Waals surface area contributed by atoms with Crippen LogP contribution in [0.4, 0.5) is 0 Å². The standard InChI is InChI=1S/C54H54N2Si/c1-8-9-10-11-18-38-35(3)54(44-24-17-22-40(52(38)44)37-28-30-51-47(33-37)42-20-13-15-26-49(42)56(51)5)57(6,7)53-34(2)31-45-39(21-16-23-43(45)53)36-27-29-50-46(32-36)41-19-12-14-25-48(41)55(50)4/h12-17,19-33,53-54H,8-11,18H2,1-7H3. The van der Waals surface area contributed by atoms with E-state index in [1.165, 1.54) is 114 Å². The highest BCUT2D eigenvalue weighted by molar-refractivity contribution is 6.81. The van der Waals surface area contributed by atoms with Crippen LogP contribution in [0.15, 0.2) is 132 Å². The van der Waals surface area contributed by atoms with Gasteiger partial charge in [0.25, 0.3) is 0 Å². The van der Waals surface area contributed by atoms with Crippen molar-refractivity contribution in [3.05, 3.63) is 155 Å². The molecular formula is C54H54N2Si. The van der Waals surface area contributed by atoms with Crippen LogP contribution >= 0.6 is 0 Å². The molecule has 2 aromatic heterocycles. The van der Waals surface area contributed by atoms with Crippen LogP contribution in [0.1, 0.15) is 86.2 Å². The maximum atomic E-state index is 2.70. The molecule has 0 bridgehead atoms. The fourth-order valence-electron chi connectivity index (χ4n) is 11.6. The van der Waals surface area contributed by atoms with Gasteiger partial charge in [0.15, 0.2) is 0 Å². The molecule has 2 atom stereocenters. The second-order valence-corrected chi connectivity index (χ2v) is 22.5. The fourth-order valence-corrected chi connectivity index (χ4v) is 16.6. The Bertz CT molecular complexity index is 2980. The van der Waals surface area contributed by atoms with Gasteiger partial charge in [-0.3, -0.25) is 0 Å². The van der Waals surface area contributed by atoms with Crippen LogP contribution in [0.3, 0.4) is 0 Å². The number of fused-ring (bicyclic) bond motifs is 8. The number of rotatable bonds is 9. The molecule has 10 rings (SSSR count).